The maximum Gasteiger partial charge on any atom is 0.309 e. The van der Waals surface area contributed by atoms with E-state index in [1.165, 1.54) is 0 Å². The number of hydrogen-bond donors (Lipinski definition) is 0. The van der Waals surface area contributed by atoms with Crippen LogP contribution in [0.5, 0.6) is 0 Å². The summed E-state index contributed by atoms with van der Waals surface area (Å²) in [4.78, 5) is 38.7. The van der Waals surface area contributed by atoms with Gasteiger partial charge in [0.25, 0.3) is 0 Å². The summed E-state index contributed by atoms with van der Waals surface area (Å²) in [7, 11) is 0. The van der Waals surface area contributed by atoms with Crippen molar-refractivity contribution in [2.24, 2.45) is 11.3 Å². The van der Waals surface area contributed by atoms with Gasteiger partial charge in [0, 0.05) is 24.1 Å². The number of esters is 1. The minimum absolute atomic E-state index is 0.106. The van der Waals surface area contributed by atoms with Crippen molar-refractivity contribution in [2.45, 2.75) is 47.5 Å². The number of ether oxygens (including phenoxy) is 1. The highest BCUT2D eigenvalue weighted by Crippen LogP contribution is 2.24. The summed E-state index contributed by atoms with van der Waals surface area (Å²) in [6.45, 7) is 10.4. The van der Waals surface area contributed by atoms with Crippen molar-refractivity contribution in [3.8, 4) is 0 Å². The van der Waals surface area contributed by atoms with E-state index in [9.17, 15) is 14.4 Å². The molecule has 1 heterocycles. The third-order valence-corrected chi connectivity index (χ3v) is 4.80. The molecule has 0 atom stereocenters. The van der Waals surface area contributed by atoms with Crippen molar-refractivity contribution in [1.29, 1.82) is 0 Å². The van der Waals surface area contributed by atoms with E-state index in [0.29, 0.717) is 31.5 Å². The fourth-order valence-corrected chi connectivity index (χ4v) is 3.16. The Balaban J connectivity index is 1.85. The monoisotopic (exact) mass is 359 g/mol. The number of hydrogen-bond acceptors (Lipinski definition) is 4. The topological polar surface area (TPSA) is 63.7 Å². The molecular weight excluding hydrogens is 330 g/mol. The van der Waals surface area contributed by atoms with Crippen molar-refractivity contribution in [1.82, 2.24) is 4.90 Å². The standard InChI is InChI=1S/C21H29NO4/c1-14-6-7-15(2)17(12-14)18(23)13-26-19(24)16-8-10-22(11-9-16)20(25)21(3,4)5/h6-7,12,16H,8-11,13H2,1-5H3. The van der Waals surface area contributed by atoms with E-state index >= 15 is 0 Å². The van der Waals surface area contributed by atoms with Crippen molar-refractivity contribution >= 4 is 17.7 Å². The van der Waals surface area contributed by atoms with E-state index < -0.39 is 5.41 Å². The second kappa shape index (κ2) is 8.02. The van der Waals surface area contributed by atoms with Gasteiger partial charge >= 0.3 is 5.97 Å². The lowest BCUT2D eigenvalue weighted by Gasteiger charge is -2.34. The smallest absolute Gasteiger partial charge is 0.309 e. The fourth-order valence-electron chi connectivity index (χ4n) is 3.16. The van der Waals surface area contributed by atoms with E-state index in [4.69, 9.17) is 4.74 Å². The predicted octanol–water partition coefficient (Wildman–Crippen LogP) is 3.31. The summed E-state index contributed by atoms with van der Waals surface area (Å²) in [5, 5.41) is 0. The van der Waals surface area contributed by atoms with Gasteiger partial charge in [-0.3, -0.25) is 14.4 Å². The normalized spacial score (nSPS) is 15.7. The quantitative estimate of drug-likeness (QED) is 0.611. The molecule has 1 aromatic rings. The number of likely N-dealkylation sites (tertiary alicyclic amines) is 1. The molecule has 0 radical (unpaired) electrons. The molecule has 0 unspecified atom stereocenters. The Hall–Kier alpha value is -2.17. The lowest BCUT2D eigenvalue weighted by atomic mass is 9.91. The van der Waals surface area contributed by atoms with Crippen LogP contribution < -0.4 is 0 Å². The summed E-state index contributed by atoms with van der Waals surface area (Å²) in [5.74, 6) is -0.661. The third kappa shape index (κ3) is 4.93. The van der Waals surface area contributed by atoms with Gasteiger partial charge in [-0.2, -0.15) is 0 Å². The molecule has 0 spiro atoms. The summed E-state index contributed by atoms with van der Waals surface area (Å²) < 4.78 is 5.26. The number of carbonyl (C=O) groups excluding carboxylic acids is 3. The molecule has 5 nitrogen and oxygen atoms in total. The Morgan fingerprint density at radius 1 is 1.12 bits per heavy atom. The van der Waals surface area contributed by atoms with Crippen LogP contribution in [-0.4, -0.2) is 42.3 Å². The largest absolute Gasteiger partial charge is 0.457 e. The number of aryl methyl sites for hydroxylation is 2. The lowest BCUT2D eigenvalue weighted by Crippen LogP contribution is -2.45. The van der Waals surface area contributed by atoms with Crippen LogP contribution >= 0.6 is 0 Å². The van der Waals surface area contributed by atoms with E-state index in [-0.39, 0.29) is 30.2 Å². The van der Waals surface area contributed by atoms with Gasteiger partial charge in [-0.25, -0.2) is 0 Å². The highest BCUT2D eigenvalue weighted by Gasteiger charge is 2.33. The van der Waals surface area contributed by atoms with Gasteiger partial charge in [0.15, 0.2) is 6.61 Å². The van der Waals surface area contributed by atoms with Gasteiger partial charge in [-0.1, -0.05) is 38.5 Å². The zero-order valence-electron chi connectivity index (χ0n) is 16.4. The second-order valence-corrected chi connectivity index (χ2v) is 8.17. The lowest BCUT2D eigenvalue weighted by molar-refractivity contribution is -0.152. The van der Waals surface area contributed by atoms with Crippen LogP contribution in [0.15, 0.2) is 18.2 Å². The van der Waals surface area contributed by atoms with Crippen LogP contribution in [0.3, 0.4) is 0 Å². The van der Waals surface area contributed by atoms with Crippen LogP contribution in [0.2, 0.25) is 0 Å². The van der Waals surface area contributed by atoms with Gasteiger partial charge in [-0.05, 0) is 38.3 Å². The SMILES string of the molecule is Cc1ccc(C)c(C(=O)COC(=O)C2CCN(C(=O)C(C)(C)C)CC2)c1. The Bertz CT molecular complexity index is 694. The Kier molecular flexibility index (Phi) is 6.21. The Labute approximate surface area is 155 Å². The average molecular weight is 359 g/mol. The van der Waals surface area contributed by atoms with Gasteiger partial charge in [0.1, 0.15) is 0 Å². The molecule has 0 aromatic heterocycles. The molecule has 0 aliphatic carbocycles. The highest BCUT2D eigenvalue weighted by atomic mass is 16.5. The number of carbonyl (C=O) groups is 3. The molecule has 26 heavy (non-hydrogen) atoms. The molecule has 142 valence electrons. The van der Waals surface area contributed by atoms with Crippen molar-refractivity contribution in [3.63, 3.8) is 0 Å². The number of Topliss-reactive ketones (excluding diaryl/α,β-unsaturated/α-hetero) is 1. The first-order valence-corrected chi connectivity index (χ1v) is 9.16. The number of ketones is 1. The molecule has 1 amide bonds. The van der Waals surface area contributed by atoms with Gasteiger partial charge in [-0.15, -0.1) is 0 Å². The Morgan fingerprint density at radius 3 is 2.31 bits per heavy atom. The fraction of sp³-hybridized carbons (Fsp3) is 0.571. The molecular formula is C21H29NO4. The second-order valence-electron chi connectivity index (χ2n) is 8.17. The van der Waals surface area contributed by atoms with Gasteiger partial charge < -0.3 is 9.64 Å². The zero-order chi connectivity index (χ0) is 19.5. The molecule has 1 fully saturated rings. The minimum atomic E-state index is -0.411. The van der Waals surface area contributed by atoms with E-state index in [1.54, 1.807) is 0 Å². The van der Waals surface area contributed by atoms with Crippen LogP contribution in [0.25, 0.3) is 0 Å². The molecule has 1 aliphatic heterocycles. The van der Waals surface area contributed by atoms with Gasteiger partial charge in [0.05, 0.1) is 5.92 Å². The number of amides is 1. The maximum absolute atomic E-state index is 12.3. The van der Waals surface area contributed by atoms with Crippen molar-refractivity contribution in [3.05, 3.63) is 34.9 Å². The maximum atomic E-state index is 12.3. The molecule has 1 saturated heterocycles. The van der Waals surface area contributed by atoms with Crippen LogP contribution in [0.4, 0.5) is 0 Å². The molecule has 0 bridgehead atoms. The minimum Gasteiger partial charge on any atom is -0.457 e. The summed E-state index contributed by atoms with van der Waals surface area (Å²) in [6, 6.07) is 5.67. The van der Waals surface area contributed by atoms with Gasteiger partial charge in [0.2, 0.25) is 11.7 Å². The number of benzene rings is 1. The molecule has 1 aromatic carbocycles. The van der Waals surface area contributed by atoms with E-state index in [0.717, 1.165) is 11.1 Å². The van der Waals surface area contributed by atoms with Crippen molar-refractivity contribution in [2.75, 3.05) is 19.7 Å². The van der Waals surface area contributed by atoms with Crippen LogP contribution in [0.1, 0.15) is 55.1 Å². The molecule has 1 aliphatic rings. The highest BCUT2D eigenvalue weighted by molar-refractivity contribution is 5.99. The van der Waals surface area contributed by atoms with Crippen LogP contribution in [0, 0.1) is 25.2 Å². The summed E-state index contributed by atoms with van der Waals surface area (Å²) in [5.41, 5.74) is 2.07. The van der Waals surface area contributed by atoms with Crippen molar-refractivity contribution < 1.29 is 19.1 Å². The summed E-state index contributed by atoms with van der Waals surface area (Å²) in [6.07, 6.45) is 1.16. The third-order valence-electron chi connectivity index (χ3n) is 4.80. The number of nitrogens with zero attached hydrogens (tertiary/aromatic N) is 1. The Morgan fingerprint density at radius 2 is 1.73 bits per heavy atom. The average Bonchev–Trinajstić information content (AvgIpc) is 2.60. The number of piperidine rings is 1. The first-order chi connectivity index (χ1) is 12.1. The summed E-state index contributed by atoms with van der Waals surface area (Å²) >= 11 is 0. The first-order valence-electron chi connectivity index (χ1n) is 9.16. The molecule has 5 heteroatoms. The number of rotatable bonds is 4. The zero-order valence-corrected chi connectivity index (χ0v) is 16.4. The first kappa shape index (κ1) is 20.1. The molecule has 0 N–H and O–H groups in total. The van der Waals surface area contributed by atoms with E-state index in [2.05, 4.69) is 0 Å². The van der Waals surface area contributed by atoms with Crippen LogP contribution in [-0.2, 0) is 14.3 Å². The molecule has 2 rings (SSSR count). The molecule has 0 saturated carbocycles. The van der Waals surface area contributed by atoms with E-state index in [1.807, 2.05) is 57.7 Å². The predicted molar refractivity (Wildman–Crippen MR) is 100.0 cm³/mol.